The second-order valence-electron chi connectivity index (χ2n) is 5.59. The maximum atomic E-state index is 5.88. The monoisotopic (exact) mass is 364 g/mol. The standard InChI is InChI=1S/C21H20N2O2S/c1-3-21(24-2,20-23-11-13-26-20)18-14-19(16-22-15-18)25-12-7-10-17-8-5-4-6-9-17/h4-6,8-9,11,13-16H,3,12H2,1-2H3. The molecule has 1 atom stereocenters. The lowest BCUT2D eigenvalue weighted by atomic mass is 9.92. The molecule has 4 nitrogen and oxygen atoms in total. The summed E-state index contributed by atoms with van der Waals surface area (Å²) in [5.74, 6) is 6.76. The van der Waals surface area contributed by atoms with Gasteiger partial charge in [0, 0.05) is 36.0 Å². The molecule has 3 aromatic rings. The second-order valence-corrected chi connectivity index (χ2v) is 6.48. The Morgan fingerprint density at radius 2 is 2.04 bits per heavy atom. The molecular formula is C21H20N2O2S. The van der Waals surface area contributed by atoms with Gasteiger partial charge in [0.1, 0.15) is 23.0 Å². The van der Waals surface area contributed by atoms with E-state index in [9.17, 15) is 0 Å². The van der Waals surface area contributed by atoms with Crippen LogP contribution in [-0.2, 0) is 10.3 Å². The quantitative estimate of drug-likeness (QED) is 0.613. The van der Waals surface area contributed by atoms with Gasteiger partial charge < -0.3 is 9.47 Å². The number of hydrogen-bond acceptors (Lipinski definition) is 5. The molecule has 0 aliphatic rings. The summed E-state index contributed by atoms with van der Waals surface area (Å²) in [4.78, 5) is 8.76. The molecular weight excluding hydrogens is 344 g/mol. The van der Waals surface area contributed by atoms with Crippen molar-refractivity contribution in [2.45, 2.75) is 18.9 Å². The van der Waals surface area contributed by atoms with Gasteiger partial charge in [-0.2, -0.15) is 0 Å². The highest BCUT2D eigenvalue weighted by molar-refractivity contribution is 7.09. The fraction of sp³-hybridized carbons (Fsp3) is 0.238. The van der Waals surface area contributed by atoms with Crippen LogP contribution in [0.1, 0.15) is 29.5 Å². The van der Waals surface area contributed by atoms with Crippen LogP contribution < -0.4 is 4.74 Å². The number of pyridine rings is 1. The van der Waals surface area contributed by atoms with Gasteiger partial charge in [0.2, 0.25) is 0 Å². The van der Waals surface area contributed by atoms with Crippen LogP contribution in [0.25, 0.3) is 0 Å². The summed E-state index contributed by atoms with van der Waals surface area (Å²) < 4.78 is 11.6. The molecule has 0 radical (unpaired) electrons. The number of thiazole rings is 1. The van der Waals surface area contributed by atoms with Crippen LogP contribution in [0.4, 0.5) is 0 Å². The van der Waals surface area contributed by atoms with E-state index in [1.807, 2.05) is 41.8 Å². The van der Waals surface area contributed by atoms with Gasteiger partial charge in [-0.3, -0.25) is 4.98 Å². The van der Waals surface area contributed by atoms with E-state index in [1.54, 1.807) is 37.0 Å². The molecule has 0 N–H and O–H groups in total. The van der Waals surface area contributed by atoms with Crippen LogP contribution in [0.15, 0.2) is 60.4 Å². The Morgan fingerprint density at radius 1 is 1.19 bits per heavy atom. The van der Waals surface area contributed by atoms with Crippen LogP contribution in [0.3, 0.4) is 0 Å². The Bertz CT molecular complexity index is 879. The molecule has 0 bridgehead atoms. The van der Waals surface area contributed by atoms with Gasteiger partial charge in [-0.1, -0.05) is 37.0 Å². The molecule has 5 heteroatoms. The maximum absolute atomic E-state index is 5.88. The van der Waals surface area contributed by atoms with Gasteiger partial charge in [-0.25, -0.2) is 4.98 Å². The van der Waals surface area contributed by atoms with Crippen LogP contribution in [0.2, 0.25) is 0 Å². The zero-order valence-electron chi connectivity index (χ0n) is 14.8. The van der Waals surface area contributed by atoms with E-state index in [0.717, 1.165) is 22.6 Å². The van der Waals surface area contributed by atoms with Gasteiger partial charge in [0.15, 0.2) is 0 Å². The van der Waals surface area contributed by atoms with Crippen molar-refractivity contribution >= 4 is 11.3 Å². The molecule has 2 aromatic heterocycles. The normalized spacial score (nSPS) is 12.7. The van der Waals surface area contributed by atoms with Crippen molar-refractivity contribution in [3.63, 3.8) is 0 Å². The molecule has 0 fully saturated rings. The smallest absolute Gasteiger partial charge is 0.149 e. The van der Waals surface area contributed by atoms with Gasteiger partial charge >= 0.3 is 0 Å². The maximum Gasteiger partial charge on any atom is 0.149 e. The van der Waals surface area contributed by atoms with Crippen LogP contribution in [0.5, 0.6) is 5.75 Å². The fourth-order valence-electron chi connectivity index (χ4n) is 2.75. The number of rotatable bonds is 6. The summed E-state index contributed by atoms with van der Waals surface area (Å²) in [6, 6.07) is 11.8. The highest BCUT2D eigenvalue weighted by Gasteiger charge is 2.35. The molecule has 1 unspecified atom stereocenters. The molecule has 0 saturated carbocycles. The lowest BCUT2D eigenvalue weighted by Crippen LogP contribution is -2.29. The first-order valence-electron chi connectivity index (χ1n) is 8.36. The van der Waals surface area contributed by atoms with Crippen LogP contribution in [-0.4, -0.2) is 23.7 Å². The summed E-state index contributed by atoms with van der Waals surface area (Å²) in [5.41, 5.74) is 1.28. The number of benzene rings is 1. The Morgan fingerprint density at radius 3 is 2.73 bits per heavy atom. The third-order valence-corrected chi connectivity index (χ3v) is 5.04. The zero-order valence-corrected chi connectivity index (χ0v) is 15.6. The molecule has 2 heterocycles. The van der Waals surface area contributed by atoms with E-state index in [0.29, 0.717) is 12.4 Å². The minimum atomic E-state index is -0.615. The highest BCUT2D eigenvalue weighted by Crippen LogP contribution is 2.38. The third-order valence-electron chi connectivity index (χ3n) is 4.12. The number of aromatic nitrogens is 2. The van der Waals surface area contributed by atoms with Crippen LogP contribution >= 0.6 is 11.3 Å². The Kier molecular flexibility index (Phi) is 6.00. The second kappa shape index (κ2) is 8.61. The molecule has 0 saturated heterocycles. The molecule has 0 spiro atoms. The largest absolute Gasteiger partial charge is 0.479 e. The average molecular weight is 364 g/mol. The molecule has 0 aliphatic carbocycles. The Labute approximate surface area is 157 Å². The number of nitrogens with zero attached hydrogens (tertiary/aromatic N) is 2. The van der Waals surface area contributed by atoms with E-state index in [4.69, 9.17) is 9.47 Å². The van der Waals surface area contributed by atoms with E-state index in [2.05, 4.69) is 28.7 Å². The van der Waals surface area contributed by atoms with Gasteiger partial charge in [0.05, 0.1) is 6.20 Å². The highest BCUT2D eigenvalue weighted by atomic mass is 32.1. The van der Waals surface area contributed by atoms with E-state index in [1.165, 1.54) is 0 Å². The minimum Gasteiger partial charge on any atom is -0.479 e. The summed E-state index contributed by atoms with van der Waals surface area (Å²) in [5, 5.41) is 2.86. The minimum absolute atomic E-state index is 0.295. The first-order chi connectivity index (χ1) is 12.8. The molecule has 3 rings (SSSR count). The van der Waals surface area contributed by atoms with E-state index < -0.39 is 5.60 Å². The van der Waals surface area contributed by atoms with Crippen molar-refractivity contribution in [3.8, 4) is 17.6 Å². The molecule has 0 amide bonds. The molecule has 132 valence electrons. The van der Waals surface area contributed by atoms with Crippen molar-refractivity contribution in [1.82, 2.24) is 9.97 Å². The summed E-state index contributed by atoms with van der Waals surface area (Å²) in [6.45, 7) is 2.37. The topological polar surface area (TPSA) is 44.2 Å². The summed E-state index contributed by atoms with van der Waals surface area (Å²) in [7, 11) is 1.70. The van der Waals surface area contributed by atoms with Gasteiger partial charge in [-0.15, -0.1) is 11.3 Å². The number of hydrogen-bond donors (Lipinski definition) is 0. The van der Waals surface area contributed by atoms with Crippen molar-refractivity contribution in [1.29, 1.82) is 0 Å². The lowest BCUT2D eigenvalue weighted by molar-refractivity contribution is 0.0179. The Balaban J connectivity index is 1.76. The predicted octanol–water partition coefficient (Wildman–Crippen LogP) is 4.27. The number of methoxy groups -OCH3 is 1. The number of ether oxygens (including phenoxy) is 2. The van der Waals surface area contributed by atoms with Gasteiger partial charge in [0.25, 0.3) is 0 Å². The van der Waals surface area contributed by atoms with Crippen molar-refractivity contribution < 1.29 is 9.47 Å². The average Bonchev–Trinajstić information content (AvgIpc) is 3.23. The summed E-state index contributed by atoms with van der Waals surface area (Å²) in [6.07, 6.45) is 6.02. The predicted molar refractivity (Wildman–Crippen MR) is 103 cm³/mol. The third kappa shape index (κ3) is 3.93. The summed E-state index contributed by atoms with van der Waals surface area (Å²) >= 11 is 1.57. The van der Waals surface area contributed by atoms with Crippen molar-refractivity contribution in [3.05, 3.63) is 76.5 Å². The molecule has 0 aliphatic heterocycles. The molecule has 1 aromatic carbocycles. The van der Waals surface area contributed by atoms with E-state index >= 15 is 0 Å². The van der Waals surface area contributed by atoms with Gasteiger partial charge in [-0.05, 0) is 24.6 Å². The SMILES string of the molecule is CCC(OC)(c1cncc(OCC#Cc2ccccc2)c1)c1nccs1. The first-order valence-corrected chi connectivity index (χ1v) is 9.24. The van der Waals surface area contributed by atoms with E-state index in [-0.39, 0.29) is 0 Å². The lowest BCUT2D eigenvalue weighted by Gasteiger charge is -2.29. The first kappa shape index (κ1) is 18.1. The Hall–Kier alpha value is -2.68. The van der Waals surface area contributed by atoms with Crippen molar-refractivity contribution in [2.24, 2.45) is 0 Å². The molecule has 26 heavy (non-hydrogen) atoms. The van der Waals surface area contributed by atoms with Crippen molar-refractivity contribution in [2.75, 3.05) is 13.7 Å². The zero-order chi connectivity index (χ0) is 18.2. The van der Waals surface area contributed by atoms with Crippen LogP contribution in [0, 0.1) is 11.8 Å². The fourth-order valence-corrected chi connectivity index (χ4v) is 3.66.